The first-order valence-corrected chi connectivity index (χ1v) is 12.3. The van der Waals surface area contributed by atoms with Crippen LogP contribution in [0.25, 0.3) is 0 Å². The van der Waals surface area contributed by atoms with Gasteiger partial charge in [-0.2, -0.15) is 0 Å². The van der Waals surface area contributed by atoms with Crippen LogP contribution in [-0.2, 0) is 16.4 Å². The number of nitrogens with one attached hydrogen (secondary N) is 1. The van der Waals surface area contributed by atoms with Crippen molar-refractivity contribution in [1.29, 1.82) is 0 Å². The van der Waals surface area contributed by atoms with Crippen LogP contribution in [0.2, 0.25) is 0 Å². The maximum atomic E-state index is 12.9. The van der Waals surface area contributed by atoms with Gasteiger partial charge < -0.3 is 0 Å². The van der Waals surface area contributed by atoms with E-state index < -0.39 is 15.9 Å². The van der Waals surface area contributed by atoms with Gasteiger partial charge in [0, 0.05) is 19.0 Å². The molecular weight excluding hydrogens is 446 g/mol. The summed E-state index contributed by atoms with van der Waals surface area (Å²) in [6, 6.07) is 14.5. The van der Waals surface area contributed by atoms with Crippen molar-refractivity contribution >= 4 is 43.9 Å². The standard InChI is InChI=1S/C23H23N3O4S2/c1-23(2)13-18-20(19(27)14-23)31-22(24-18)25-21(28)15-9-11-17(12-10-15)32(29,30)26(3)16-7-5-4-6-8-16/h4-12H,13-14H2,1-3H3,(H,24,25,28). The lowest BCUT2D eigenvalue weighted by molar-refractivity contribution is 0.0915. The second-order valence-electron chi connectivity index (χ2n) is 8.52. The van der Waals surface area contributed by atoms with Crippen molar-refractivity contribution in [3.63, 3.8) is 0 Å². The summed E-state index contributed by atoms with van der Waals surface area (Å²) in [6.45, 7) is 4.05. The molecular formula is C23H23N3O4S2. The second-order valence-corrected chi connectivity index (χ2v) is 11.5. The smallest absolute Gasteiger partial charge is 0.264 e. The number of rotatable bonds is 5. The van der Waals surface area contributed by atoms with Crippen LogP contribution in [0, 0.1) is 5.41 Å². The lowest BCUT2D eigenvalue weighted by Gasteiger charge is -2.26. The molecule has 166 valence electrons. The lowest BCUT2D eigenvalue weighted by Crippen LogP contribution is -2.26. The molecule has 0 aliphatic heterocycles. The first kappa shape index (κ1) is 22.2. The average molecular weight is 470 g/mol. The molecule has 0 fully saturated rings. The first-order valence-electron chi connectivity index (χ1n) is 10.1. The molecule has 9 heteroatoms. The Morgan fingerprint density at radius 2 is 1.72 bits per heavy atom. The predicted molar refractivity (Wildman–Crippen MR) is 125 cm³/mol. The predicted octanol–water partition coefficient (Wildman–Crippen LogP) is 4.38. The van der Waals surface area contributed by atoms with Crippen LogP contribution in [0.3, 0.4) is 0 Å². The van der Waals surface area contributed by atoms with Crippen LogP contribution in [-0.4, -0.2) is 32.1 Å². The largest absolute Gasteiger partial charge is 0.298 e. The monoisotopic (exact) mass is 469 g/mol. The Morgan fingerprint density at radius 1 is 1.06 bits per heavy atom. The lowest BCUT2D eigenvalue weighted by atomic mass is 9.78. The number of carbonyl (C=O) groups excluding carboxylic acids is 2. The minimum atomic E-state index is -3.76. The van der Waals surface area contributed by atoms with E-state index in [-0.39, 0.29) is 16.1 Å². The number of hydrogen-bond donors (Lipinski definition) is 1. The summed E-state index contributed by atoms with van der Waals surface area (Å²) in [5.74, 6) is -0.366. The van der Waals surface area contributed by atoms with Gasteiger partial charge in [-0.1, -0.05) is 43.4 Å². The molecule has 0 radical (unpaired) electrons. The van der Waals surface area contributed by atoms with E-state index >= 15 is 0 Å². The number of amides is 1. The van der Waals surface area contributed by atoms with Crippen LogP contribution in [0.4, 0.5) is 10.8 Å². The van der Waals surface area contributed by atoms with E-state index in [0.717, 1.165) is 5.69 Å². The van der Waals surface area contributed by atoms with Crippen molar-refractivity contribution in [3.8, 4) is 0 Å². The molecule has 0 saturated carbocycles. The fourth-order valence-electron chi connectivity index (χ4n) is 3.66. The van der Waals surface area contributed by atoms with E-state index in [4.69, 9.17) is 0 Å². The molecule has 1 heterocycles. The van der Waals surface area contributed by atoms with Gasteiger partial charge in [-0.3, -0.25) is 19.2 Å². The third-order valence-corrected chi connectivity index (χ3v) is 8.20. The zero-order valence-electron chi connectivity index (χ0n) is 18.0. The van der Waals surface area contributed by atoms with Crippen molar-refractivity contribution in [1.82, 2.24) is 4.98 Å². The Morgan fingerprint density at radius 3 is 2.38 bits per heavy atom. The highest BCUT2D eigenvalue weighted by molar-refractivity contribution is 7.92. The van der Waals surface area contributed by atoms with Crippen LogP contribution < -0.4 is 9.62 Å². The second kappa shape index (κ2) is 8.14. The van der Waals surface area contributed by atoms with Crippen molar-refractivity contribution < 1.29 is 18.0 Å². The number of aromatic nitrogens is 1. The van der Waals surface area contributed by atoms with Gasteiger partial charge in [0.25, 0.3) is 15.9 Å². The maximum absolute atomic E-state index is 12.9. The minimum Gasteiger partial charge on any atom is -0.298 e. The zero-order valence-corrected chi connectivity index (χ0v) is 19.6. The SMILES string of the molecule is CN(c1ccccc1)S(=O)(=O)c1ccc(C(=O)Nc2nc3c(s2)C(=O)CC(C)(C)C3)cc1. The third kappa shape index (κ3) is 4.31. The molecule has 1 amide bonds. The minimum absolute atomic E-state index is 0.0475. The normalized spacial score (nSPS) is 15.2. The molecule has 0 atom stereocenters. The molecule has 1 aliphatic carbocycles. The molecule has 0 saturated heterocycles. The van der Waals surface area contributed by atoms with Gasteiger partial charge in [-0.25, -0.2) is 13.4 Å². The van der Waals surface area contributed by atoms with Crippen molar-refractivity contribution in [2.24, 2.45) is 5.41 Å². The number of ketones is 1. The van der Waals surface area contributed by atoms with Crippen molar-refractivity contribution in [2.75, 3.05) is 16.7 Å². The third-order valence-electron chi connectivity index (χ3n) is 5.35. The highest BCUT2D eigenvalue weighted by Gasteiger charge is 2.34. The molecule has 32 heavy (non-hydrogen) atoms. The number of thiazole rings is 1. The van der Waals surface area contributed by atoms with Gasteiger partial charge in [-0.15, -0.1) is 0 Å². The molecule has 1 N–H and O–H groups in total. The van der Waals surface area contributed by atoms with Gasteiger partial charge in [-0.05, 0) is 48.2 Å². The highest BCUT2D eigenvalue weighted by Crippen LogP contribution is 2.38. The molecule has 0 unspecified atom stereocenters. The van der Waals surface area contributed by atoms with E-state index in [1.165, 1.54) is 47.0 Å². The molecule has 2 aromatic carbocycles. The van der Waals surface area contributed by atoms with Gasteiger partial charge >= 0.3 is 0 Å². The van der Waals surface area contributed by atoms with E-state index in [2.05, 4.69) is 10.3 Å². The van der Waals surface area contributed by atoms with Crippen molar-refractivity contribution in [3.05, 3.63) is 70.7 Å². The first-order chi connectivity index (χ1) is 15.1. The summed E-state index contributed by atoms with van der Waals surface area (Å²) in [7, 11) is -2.27. The molecule has 1 aliphatic rings. The van der Waals surface area contributed by atoms with Crippen LogP contribution in [0.5, 0.6) is 0 Å². The summed E-state index contributed by atoms with van der Waals surface area (Å²) >= 11 is 1.18. The van der Waals surface area contributed by atoms with Gasteiger partial charge in [0.1, 0.15) is 0 Å². The van der Waals surface area contributed by atoms with E-state index in [1.54, 1.807) is 24.3 Å². The summed E-state index contributed by atoms with van der Waals surface area (Å²) in [6.07, 6.45) is 1.14. The fourth-order valence-corrected chi connectivity index (χ4v) is 5.77. The molecule has 7 nitrogen and oxygen atoms in total. The number of nitrogens with zero attached hydrogens (tertiary/aromatic N) is 2. The van der Waals surface area contributed by atoms with Gasteiger partial charge in [0.2, 0.25) is 0 Å². The number of hydrogen-bond acceptors (Lipinski definition) is 6. The quantitative estimate of drug-likeness (QED) is 0.598. The van der Waals surface area contributed by atoms with Crippen LogP contribution in [0.1, 0.15) is 46.0 Å². The Labute approximate surface area is 191 Å². The Kier molecular flexibility index (Phi) is 5.64. The Bertz CT molecular complexity index is 1280. The molecule has 3 aromatic rings. The van der Waals surface area contributed by atoms with E-state index in [0.29, 0.717) is 34.1 Å². The van der Waals surface area contributed by atoms with E-state index in [9.17, 15) is 18.0 Å². The maximum Gasteiger partial charge on any atom is 0.264 e. The Balaban J connectivity index is 1.50. The number of Topliss-reactive ketones (excluding diaryl/α,β-unsaturated/α-hetero) is 1. The topological polar surface area (TPSA) is 96.4 Å². The average Bonchev–Trinajstić information content (AvgIpc) is 3.15. The number of sulfonamides is 1. The van der Waals surface area contributed by atoms with E-state index in [1.807, 2.05) is 19.9 Å². The molecule has 0 bridgehead atoms. The summed E-state index contributed by atoms with van der Waals surface area (Å²) < 4.78 is 27.0. The van der Waals surface area contributed by atoms with Crippen LogP contribution >= 0.6 is 11.3 Å². The molecule has 1 aromatic heterocycles. The zero-order chi connectivity index (χ0) is 23.1. The van der Waals surface area contributed by atoms with Crippen LogP contribution in [0.15, 0.2) is 59.5 Å². The number of carbonyl (C=O) groups is 2. The molecule has 4 rings (SSSR count). The number of anilines is 2. The number of fused-ring (bicyclic) bond motifs is 1. The molecule has 0 spiro atoms. The Hall–Kier alpha value is -3.04. The summed E-state index contributed by atoms with van der Waals surface area (Å²) in [5, 5.41) is 3.09. The highest BCUT2D eigenvalue weighted by atomic mass is 32.2. The van der Waals surface area contributed by atoms with Gasteiger partial charge in [0.05, 0.1) is 21.2 Å². The van der Waals surface area contributed by atoms with Crippen molar-refractivity contribution in [2.45, 2.75) is 31.6 Å². The number of benzene rings is 2. The summed E-state index contributed by atoms with van der Waals surface area (Å²) in [5.41, 5.74) is 1.41. The summed E-state index contributed by atoms with van der Waals surface area (Å²) in [4.78, 5) is 30.1. The fraction of sp³-hybridized carbons (Fsp3) is 0.261. The van der Waals surface area contributed by atoms with Gasteiger partial charge in [0.15, 0.2) is 10.9 Å². The number of para-hydroxylation sites is 1.